The minimum absolute atomic E-state index is 0.204. The second-order valence-corrected chi connectivity index (χ2v) is 2.21. The first-order valence-corrected chi connectivity index (χ1v) is 2.89. The maximum atomic E-state index is 5.11. The third kappa shape index (κ3) is 3.70. The van der Waals surface area contributed by atoms with Crippen LogP contribution in [0, 0.1) is 12.3 Å². The second-order valence-electron chi connectivity index (χ2n) is 2.21. The van der Waals surface area contributed by atoms with E-state index in [1.54, 1.807) is 0 Å². The molecule has 0 aliphatic rings. The number of rotatable bonds is 2. The van der Waals surface area contributed by atoms with Crippen molar-refractivity contribution in [1.29, 1.82) is 0 Å². The highest BCUT2D eigenvalue weighted by molar-refractivity contribution is 4.96. The quantitative estimate of drug-likeness (QED) is 0.524. The molecule has 46 valence electrons. The summed E-state index contributed by atoms with van der Waals surface area (Å²) in [5.74, 6) is 2.59. The average Bonchev–Trinajstić information content (AvgIpc) is 1.65. The third-order valence-corrected chi connectivity index (χ3v) is 0.833. The number of nitrogens with one attached hydrogen (secondary N) is 1. The Labute approximate surface area is 51.5 Å². The van der Waals surface area contributed by atoms with Crippen LogP contribution in [0.4, 0.5) is 0 Å². The van der Waals surface area contributed by atoms with E-state index in [1.807, 2.05) is 6.92 Å². The van der Waals surface area contributed by atoms with Crippen LogP contribution in [-0.4, -0.2) is 12.1 Å². The summed E-state index contributed by atoms with van der Waals surface area (Å²) in [6, 6.07) is 0.691. The first-order chi connectivity index (χ1) is 3.66. The van der Waals surface area contributed by atoms with Crippen LogP contribution >= 0.6 is 0 Å². The fourth-order valence-electron chi connectivity index (χ4n) is 0.548. The summed E-state index contributed by atoms with van der Waals surface area (Å²) in [5.41, 5.74) is 0. The van der Waals surface area contributed by atoms with Gasteiger partial charge in [0.2, 0.25) is 0 Å². The molecule has 0 heterocycles. The lowest BCUT2D eigenvalue weighted by atomic mass is 10.3. The molecule has 0 aliphatic carbocycles. The van der Waals surface area contributed by atoms with Gasteiger partial charge in [0, 0.05) is 6.04 Å². The van der Waals surface area contributed by atoms with Gasteiger partial charge in [0.15, 0.2) is 0 Å². The Morgan fingerprint density at radius 1 is 1.38 bits per heavy atom. The lowest BCUT2D eigenvalue weighted by Gasteiger charge is -2.09. The van der Waals surface area contributed by atoms with E-state index in [4.69, 9.17) is 6.42 Å². The minimum atomic E-state index is 0.204. The van der Waals surface area contributed by atoms with Crippen LogP contribution in [0.15, 0.2) is 0 Å². The van der Waals surface area contributed by atoms with Gasteiger partial charge in [-0.15, -0.1) is 6.42 Å². The van der Waals surface area contributed by atoms with Crippen molar-refractivity contribution in [3.8, 4) is 12.3 Å². The van der Waals surface area contributed by atoms with Gasteiger partial charge in [-0.3, -0.25) is 0 Å². The maximum Gasteiger partial charge on any atom is 0.0660 e. The van der Waals surface area contributed by atoms with Gasteiger partial charge < -0.3 is 5.32 Å². The van der Waals surface area contributed by atoms with Crippen LogP contribution in [0.5, 0.6) is 0 Å². The molecule has 0 radical (unpaired) electrons. The van der Waals surface area contributed by atoms with Crippen molar-refractivity contribution >= 4 is 0 Å². The van der Waals surface area contributed by atoms with Gasteiger partial charge in [0.1, 0.15) is 0 Å². The highest BCUT2D eigenvalue weighted by Crippen LogP contribution is 1.81. The highest BCUT2D eigenvalue weighted by atomic mass is 14.9. The van der Waals surface area contributed by atoms with Gasteiger partial charge >= 0.3 is 0 Å². The van der Waals surface area contributed by atoms with Gasteiger partial charge in [-0.1, -0.05) is 5.92 Å². The van der Waals surface area contributed by atoms with Crippen LogP contribution in [0.1, 0.15) is 20.8 Å². The van der Waals surface area contributed by atoms with E-state index in [0.717, 1.165) is 0 Å². The molecule has 0 aromatic rings. The zero-order valence-corrected chi connectivity index (χ0v) is 5.73. The molecule has 0 rings (SSSR count). The largest absolute Gasteiger partial charge is 0.302 e. The molecule has 0 aromatic carbocycles. The molecule has 0 saturated carbocycles. The Kier molecular flexibility index (Phi) is 3.30. The maximum absolute atomic E-state index is 5.11. The Morgan fingerprint density at radius 2 is 1.88 bits per heavy atom. The Balaban J connectivity index is 3.28. The van der Waals surface area contributed by atoms with E-state index in [2.05, 4.69) is 25.1 Å². The van der Waals surface area contributed by atoms with E-state index < -0.39 is 0 Å². The zero-order valence-electron chi connectivity index (χ0n) is 5.73. The Morgan fingerprint density at radius 3 is 2.00 bits per heavy atom. The molecule has 1 nitrogen and oxygen atoms in total. The summed E-state index contributed by atoms with van der Waals surface area (Å²) in [5, 5.41) is 3.16. The van der Waals surface area contributed by atoms with Crippen LogP contribution in [0.2, 0.25) is 0 Å². The lowest BCUT2D eigenvalue weighted by Crippen LogP contribution is -2.30. The molecule has 0 bridgehead atoms. The van der Waals surface area contributed by atoms with E-state index in [1.165, 1.54) is 0 Å². The normalized spacial score (nSPS) is 13.4. The molecule has 1 atom stereocenters. The Hall–Kier alpha value is -0.480. The summed E-state index contributed by atoms with van der Waals surface area (Å²) in [6.07, 6.45) is 5.11. The van der Waals surface area contributed by atoms with E-state index in [-0.39, 0.29) is 6.04 Å². The first kappa shape index (κ1) is 7.52. The van der Waals surface area contributed by atoms with Crippen LogP contribution in [-0.2, 0) is 0 Å². The van der Waals surface area contributed by atoms with Crippen molar-refractivity contribution in [2.75, 3.05) is 0 Å². The number of hydrogen-bond acceptors (Lipinski definition) is 1. The summed E-state index contributed by atoms with van der Waals surface area (Å²) >= 11 is 0. The van der Waals surface area contributed by atoms with Crippen LogP contribution in [0.25, 0.3) is 0 Å². The highest BCUT2D eigenvalue weighted by Gasteiger charge is 1.95. The topological polar surface area (TPSA) is 12.0 Å². The molecule has 8 heavy (non-hydrogen) atoms. The number of hydrogen-bond donors (Lipinski definition) is 1. The van der Waals surface area contributed by atoms with Crippen molar-refractivity contribution in [2.24, 2.45) is 0 Å². The molecule has 0 aromatic heterocycles. The molecule has 0 amide bonds. The van der Waals surface area contributed by atoms with Crippen molar-refractivity contribution in [1.82, 2.24) is 5.32 Å². The minimum Gasteiger partial charge on any atom is -0.302 e. The van der Waals surface area contributed by atoms with E-state index in [0.29, 0.717) is 6.04 Å². The predicted molar refractivity (Wildman–Crippen MR) is 36.6 cm³/mol. The van der Waals surface area contributed by atoms with Gasteiger partial charge in [-0.2, -0.15) is 0 Å². The summed E-state index contributed by atoms with van der Waals surface area (Å²) in [7, 11) is 0. The average molecular weight is 111 g/mol. The van der Waals surface area contributed by atoms with Crippen LogP contribution < -0.4 is 5.32 Å². The summed E-state index contributed by atoms with van der Waals surface area (Å²) in [4.78, 5) is 0. The van der Waals surface area contributed by atoms with Gasteiger partial charge in [-0.25, -0.2) is 0 Å². The van der Waals surface area contributed by atoms with Crippen molar-refractivity contribution in [2.45, 2.75) is 32.9 Å². The van der Waals surface area contributed by atoms with Crippen molar-refractivity contribution < 1.29 is 0 Å². The first-order valence-electron chi connectivity index (χ1n) is 2.89. The monoisotopic (exact) mass is 111 g/mol. The van der Waals surface area contributed by atoms with Crippen molar-refractivity contribution in [3.05, 3.63) is 0 Å². The summed E-state index contributed by atoms with van der Waals surface area (Å²) < 4.78 is 0. The lowest BCUT2D eigenvalue weighted by molar-refractivity contribution is 0.559. The van der Waals surface area contributed by atoms with Gasteiger partial charge in [-0.05, 0) is 20.8 Å². The summed E-state index contributed by atoms with van der Waals surface area (Å²) in [6.45, 7) is 6.13. The molecule has 0 saturated heterocycles. The molecule has 1 heteroatoms. The molecular weight excluding hydrogens is 98.1 g/mol. The fraction of sp³-hybridized carbons (Fsp3) is 0.714. The standard InChI is InChI=1S/C7H13N/c1-5-7(4)8-6(2)3/h1,6-8H,2-4H3/t7-/m0/s1. The molecule has 1 N–H and O–H groups in total. The van der Waals surface area contributed by atoms with Crippen molar-refractivity contribution in [3.63, 3.8) is 0 Å². The molecule has 0 aliphatic heterocycles. The van der Waals surface area contributed by atoms with E-state index >= 15 is 0 Å². The molecular formula is C7H13N. The van der Waals surface area contributed by atoms with Crippen LogP contribution in [0.3, 0.4) is 0 Å². The predicted octanol–water partition coefficient (Wildman–Crippen LogP) is 1.01. The SMILES string of the molecule is C#C[C@H](C)NC(C)C. The molecule has 0 unspecified atom stereocenters. The van der Waals surface area contributed by atoms with E-state index in [9.17, 15) is 0 Å². The zero-order chi connectivity index (χ0) is 6.57. The number of terminal acetylenes is 1. The second kappa shape index (κ2) is 3.51. The third-order valence-electron chi connectivity index (χ3n) is 0.833. The van der Waals surface area contributed by atoms with Gasteiger partial charge in [0.25, 0.3) is 0 Å². The Bertz CT molecular complexity index is 89.1. The molecule has 0 spiro atoms. The smallest absolute Gasteiger partial charge is 0.0660 e. The molecule has 0 fully saturated rings. The fourth-order valence-corrected chi connectivity index (χ4v) is 0.548. The van der Waals surface area contributed by atoms with Gasteiger partial charge in [0.05, 0.1) is 6.04 Å².